The fourth-order valence-corrected chi connectivity index (χ4v) is 0.798. The number of rotatable bonds is 3. The minimum Gasteiger partial charge on any atom is -0.270 e. The van der Waals surface area contributed by atoms with Crippen molar-refractivity contribution in [2.24, 2.45) is 0 Å². The molecule has 0 atom stereocenters. The summed E-state index contributed by atoms with van der Waals surface area (Å²) < 4.78 is 13.4. The third-order valence-electron chi connectivity index (χ3n) is 1.41. The molecule has 1 aromatic heterocycles. The summed E-state index contributed by atoms with van der Waals surface area (Å²) in [5.74, 6) is 0. The average Bonchev–Trinajstić information content (AvgIpc) is 2.37. The number of hydrogen-bond donors (Lipinski definition) is 0. The second-order valence-corrected chi connectivity index (χ2v) is 2.15. The molecule has 0 bridgehead atoms. The number of nitrogens with zero attached hydrogens (tertiary/aromatic N) is 2. The molecule has 2 nitrogen and oxygen atoms in total. The van der Waals surface area contributed by atoms with Gasteiger partial charge in [-0.15, -0.1) is 0 Å². The monoisotopic (exact) mass is 142 g/mol. The molecule has 0 fully saturated rings. The zero-order valence-corrected chi connectivity index (χ0v) is 6.05. The highest BCUT2D eigenvalue weighted by molar-refractivity contribution is 5.02. The van der Waals surface area contributed by atoms with E-state index in [2.05, 4.69) is 12.0 Å². The second kappa shape index (κ2) is 3.34. The first kappa shape index (κ1) is 7.25. The fourth-order valence-electron chi connectivity index (χ4n) is 0.798. The predicted molar refractivity (Wildman–Crippen MR) is 37.6 cm³/mol. The number of halogens is 1. The molecule has 3 heteroatoms. The molecular weight excluding hydrogens is 131 g/mol. The summed E-state index contributed by atoms with van der Waals surface area (Å²) >= 11 is 0. The van der Waals surface area contributed by atoms with Gasteiger partial charge in [-0.1, -0.05) is 6.92 Å². The molecule has 0 radical (unpaired) electrons. The van der Waals surface area contributed by atoms with Crippen LogP contribution in [0.5, 0.6) is 0 Å². The SMILES string of the molecule is CCc1cnn(CCF)c1. The van der Waals surface area contributed by atoms with Crippen LogP contribution < -0.4 is 0 Å². The van der Waals surface area contributed by atoms with E-state index < -0.39 is 0 Å². The van der Waals surface area contributed by atoms with E-state index >= 15 is 0 Å². The van der Waals surface area contributed by atoms with E-state index in [9.17, 15) is 4.39 Å². The van der Waals surface area contributed by atoms with Gasteiger partial charge in [-0.3, -0.25) is 4.68 Å². The van der Waals surface area contributed by atoms with Crippen molar-refractivity contribution < 1.29 is 4.39 Å². The molecule has 0 saturated heterocycles. The van der Waals surface area contributed by atoms with E-state index in [1.807, 2.05) is 6.20 Å². The van der Waals surface area contributed by atoms with Gasteiger partial charge in [0.15, 0.2) is 0 Å². The molecule has 1 rings (SSSR count). The molecule has 0 N–H and O–H groups in total. The minimum absolute atomic E-state index is 0.342. The van der Waals surface area contributed by atoms with Gasteiger partial charge in [0, 0.05) is 6.20 Å². The van der Waals surface area contributed by atoms with Crippen molar-refractivity contribution in [3.05, 3.63) is 18.0 Å². The predicted octanol–water partition coefficient (Wildman–Crippen LogP) is 1.42. The summed E-state index contributed by atoms with van der Waals surface area (Å²) in [7, 11) is 0. The third kappa shape index (κ3) is 1.56. The van der Waals surface area contributed by atoms with Crippen molar-refractivity contribution in [3.8, 4) is 0 Å². The zero-order chi connectivity index (χ0) is 7.40. The molecular formula is C7H11FN2. The van der Waals surface area contributed by atoms with E-state index in [1.54, 1.807) is 10.9 Å². The van der Waals surface area contributed by atoms with E-state index in [0.717, 1.165) is 12.0 Å². The molecule has 0 saturated carbocycles. The molecule has 0 aromatic carbocycles. The lowest BCUT2D eigenvalue weighted by Gasteiger charge is -1.92. The van der Waals surface area contributed by atoms with Gasteiger partial charge in [0.25, 0.3) is 0 Å². The van der Waals surface area contributed by atoms with E-state index in [0.29, 0.717) is 6.54 Å². The Hall–Kier alpha value is -0.860. The van der Waals surface area contributed by atoms with Gasteiger partial charge in [-0.2, -0.15) is 5.10 Å². The molecule has 0 amide bonds. The van der Waals surface area contributed by atoms with Gasteiger partial charge in [0.2, 0.25) is 0 Å². The smallest absolute Gasteiger partial charge is 0.109 e. The maximum Gasteiger partial charge on any atom is 0.109 e. The molecule has 0 unspecified atom stereocenters. The Kier molecular flexibility index (Phi) is 2.42. The largest absolute Gasteiger partial charge is 0.270 e. The first-order chi connectivity index (χ1) is 4.86. The van der Waals surface area contributed by atoms with E-state index in [-0.39, 0.29) is 6.67 Å². The van der Waals surface area contributed by atoms with Crippen molar-refractivity contribution in [2.75, 3.05) is 6.67 Å². The van der Waals surface area contributed by atoms with Crippen LogP contribution in [-0.2, 0) is 13.0 Å². The summed E-state index contributed by atoms with van der Waals surface area (Å²) in [5.41, 5.74) is 1.16. The molecule has 0 aliphatic rings. The van der Waals surface area contributed by atoms with Gasteiger partial charge >= 0.3 is 0 Å². The summed E-state index contributed by atoms with van der Waals surface area (Å²) in [6.45, 7) is 2.08. The van der Waals surface area contributed by atoms with Gasteiger partial charge in [0.1, 0.15) is 6.67 Å². The Labute approximate surface area is 59.7 Å². The number of aryl methyl sites for hydroxylation is 2. The Morgan fingerprint density at radius 1 is 1.70 bits per heavy atom. The number of alkyl halides is 1. The standard InChI is InChI=1S/C7H11FN2/c1-2-7-5-9-10(6-7)4-3-8/h5-6H,2-4H2,1H3. The fraction of sp³-hybridized carbons (Fsp3) is 0.571. The maximum atomic E-state index is 11.7. The van der Waals surface area contributed by atoms with Crippen LogP contribution in [0.1, 0.15) is 12.5 Å². The lowest BCUT2D eigenvalue weighted by atomic mass is 10.3. The Bertz CT molecular complexity index is 195. The lowest BCUT2D eigenvalue weighted by molar-refractivity contribution is 0.427. The summed E-state index contributed by atoms with van der Waals surface area (Å²) in [6, 6.07) is 0. The Balaban J connectivity index is 2.59. The van der Waals surface area contributed by atoms with Crippen LogP contribution in [0.3, 0.4) is 0 Å². The van der Waals surface area contributed by atoms with Crippen molar-refractivity contribution in [1.29, 1.82) is 0 Å². The van der Waals surface area contributed by atoms with Gasteiger partial charge in [0.05, 0.1) is 12.7 Å². The van der Waals surface area contributed by atoms with Crippen molar-refractivity contribution >= 4 is 0 Å². The highest BCUT2D eigenvalue weighted by Crippen LogP contribution is 1.97. The molecule has 10 heavy (non-hydrogen) atoms. The van der Waals surface area contributed by atoms with Crippen LogP contribution in [-0.4, -0.2) is 16.5 Å². The van der Waals surface area contributed by atoms with Crippen LogP contribution in [0.15, 0.2) is 12.4 Å². The number of hydrogen-bond acceptors (Lipinski definition) is 1. The summed E-state index contributed by atoms with van der Waals surface area (Å²) in [6.07, 6.45) is 4.61. The topological polar surface area (TPSA) is 17.8 Å². The van der Waals surface area contributed by atoms with Gasteiger partial charge in [-0.25, -0.2) is 4.39 Å². The highest BCUT2D eigenvalue weighted by Gasteiger charge is 1.93. The number of aromatic nitrogens is 2. The molecule has 56 valence electrons. The highest BCUT2D eigenvalue weighted by atomic mass is 19.1. The van der Waals surface area contributed by atoms with Crippen LogP contribution in [0, 0.1) is 0 Å². The lowest BCUT2D eigenvalue weighted by Crippen LogP contribution is -1.98. The van der Waals surface area contributed by atoms with Crippen molar-refractivity contribution in [2.45, 2.75) is 19.9 Å². The molecule has 0 aliphatic carbocycles. The maximum absolute atomic E-state index is 11.7. The van der Waals surface area contributed by atoms with Crippen LogP contribution >= 0.6 is 0 Å². The first-order valence-electron chi connectivity index (χ1n) is 3.44. The molecule has 1 aromatic rings. The minimum atomic E-state index is -0.342. The van der Waals surface area contributed by atoms with Gasteiger partial charge in [-0.05, 0) is 12.0 Å². The first-order valence-corrected chi connectivity index (χ1v) is 3.44. The zero-order valence-electron chi connectivity index (χ0n) is 6.05. The van der Waals surface area contributed by atoms with Crippen molar-refractivity contribution in [3.63, 3.8) is 0 Å². The Morgan fingerprint density at radius 2 is 2.50 bits per heavy atom. The normalized spacial score (nSPS) is 10.2. The second-order valence-electron chi connectivity index (χ2n) is 2.15. The van der Waals surface area contributed by atoms with E-state index in [1.165, 1.54) is 0 Å². The van der Waals surface area contributed by atoms with Crippen LogP contribution in [0.4, 0.5) is 4.39 Å². The average molecular weight is 142 g/mol. The molecule has 1 heterocycles. The molecule has 0 spiro atoms. The van der Waals surface area contributed by atoms with Crippen molar-refractivity contribution in [1.82, 2.24) is 9.78 Å². The summed E-state index contributed by atoms with van der Waals surface area (Å²) in [4.78, 5) is 0. The quantitative estimate of drug-likeness (QED) is 0.624. The third-order valence-corrected chi connectivity index (χ3v) is 1.41. The van der Waals surface area contributed by atoms with Gasteiger partial charge < -0.3 is 0 Å². The van der Waals surface area contributed by atoms with Crippen LogP contribution in [0.25, 0.3) is 0 Å². The van der Waals surface area contributed by atoms with E-state index in [4.69, 9.17) is 0 Å². The molecule has 0 aliphatic heterocycles. The van der Waals surface area contributed by atoms with Crippen LogP contribution in [0.2, 0.25) is 0 Å². The summed E-state index contributed by atoms with van der Waals surface area (Å²) in [5, 5.41) is 3.95. The Morgan fingerprint density at radius 3 is 3.00 bits per heavy atom.